The molecular weight excluding hydrogens is 256 g/mol. The lowest BCUT2D eigenvalue weighted by Gasteiger charge is -2.16. The lowest BCUT2D eigenvalue weighted by atomic mass is 10.1. The van der Waals surface area contributed by atoms with Crippen LogP contribution in [0, 0.1) is 0 Å². The minimum atomic E-state index is 0.414. The van der Waals surface area contributed by atoms with E-state index in [0.29, 0.717) is 6.04 Å². The van der Waals surface area contributed by atoms with Crippen molar-refractivity contribution in [2.24, 2.45) is 0 Å². The van der Waals surface area contributed by atoms with Gasteiger partial charge in [-0.3, -0.25) is 0 Å². The fourth-order valence-corrected chi connectivity index (χ4v) is 2.66. The molecule has 1 atom stereocenters. The minimum Gasteiger partial charge on any atom is -0.496 e. The normalized spacial score (nSPS) is 12.4. The van der Waals surface area contributed by atoms with Crippen LogP contribution < -0.4 is 10.1 Å². The summed E-state index contributed by atoms with van der Waals surface area (Å²) in [6.07, 6.45) is 5.09. The molecule has 0 fully saturated rings. The molecule has 0 aliphatic carbocycles. The Balaban J connectivity index is 2.28. The minimum absolute atomic E-state index is 0.414. The van der Waals surface area contributed by atoms with Crippen LogP contribution >= 0.6 is 11.8 Å². The Kier molecular flexibility index (Phi) is 4.91. The second-order valence-corrected chi connectivity index (χ2v) is 5.53. The summed E-state index contributed by atoms with van der Waals surface area (Å²) in [5.41, 5.74) is 0. The number of methoxy groups -OCH3 is 1. The van der Waals surface area contributed by atoms with Crippen molar-refractivity contribution in [2.75, 3.05) is 24.4 Å². The lowest BCUT2D eigenvalue weighted by molar-refractivity contribution is 0.420. The number of hydrogen-bond acceptors (Lipinski definition) is 4. The predicted octanol–water partition coefficient (Wildman–Crippen LogP) is 3.80. The number of rotatable bonds is 6. The average Bonchev–Trinajstić information content (AvgIpc) is 2.45. The zero-order valence-corrected chi connectivity index (χ0v) is 12.5. The summed E-state index contributed by atoms with van der Waals surface area (Å²) in [7, 11) is 1.70. The summed E-state index contributed by atoms with van der Waals surface area (Å²) in [6, 6.07) is 8.46. The van der Waals surface area contributed by atoms with Crippen molar-refractivity contribution in [3.63, 3.8) is 0 Å². The molecule has 0 aliphatic rings. The fraction of sp³-hybridized carbons (Fsp3) is 0.400. The van der Waals surface area contributed by atoms with Gasteiger partial charge in [-0.1, -0.05) is 12.1 Å². The van der Waals surface area contributed by atoms with E-state index in [1.165, 1.54) is 0 Å². The maximum absolute atomic E-state index is 5.39. The second kappa shape index (κ2) is 6.66. The average molecular weight is 276 g/mol. The van der Waals surface area contributed by atoms with Crippen molar-refractivity contribution in [1.82, 2.24) is 4.98 Å². The topological polar surface area (TPSA) is 34.1 Å². The van der Waals surface area contributed by atoms with Crippen molar-refractivity contribution in [1.29, 1.82) is 0 Å². The number of hydrogen-bond donors (Lipinski definition) is 1. The van der Waals surface area contributed by atoms with E-state index in [-0.39, 0.29) is 0 Å². The van der Waals surface area contributed by atoms with E-state index in [9.17, 15) is 0 Å². The van der Waals surface area contributed by atoms with E-state index >= 15 is 0 Å². The van der Waals surface area contributed by atoms with Gasteiger partial charge in [0.05, 0.1) is 7.11 Å². The van der Waals surface area contributed by atoms with Crippen LogP contribution in [-0.2, 0) is 0 Å². The smallest absolute Gasteiger partial charge is 0.134 e. The van der Waals surface area contributed by atoms with E-state index in [0.717, 1.165) is 34.5 Å². The molecule has 0 amide bonds. The third kappa shape index (κ3) is 3.32. The molecule has 4 heteroatoms. The highest BCUT2D eigenvalue weighted by molar-refractivity contribution is 7.98. The Bertz CT molecular complexity index is 545. The van der Waals surface area contributed by atoms with Gasteiger partial charge in [-0.25, -0.2) is 4.98 Å². The van der Waals surface area contributed by atoms with Crippen LogP contribution in [0.15, 0.2) is 30.5 Å². The highest BCUT2D eigenvalue weighted by Gasteiger charge is 2.08. The fourth-order valence-electron chi connectivity index (χ4n) is 2.07. The summed E-state index contributed by atoms with van der Waals surface area (Å²) in [4.78, 5) is 4.46. The predicted molar refractivity (Wildman–Crippen MR) is 84.4 cm³/mol. The van der Waals surface area contributed by atoms with Crippen LogP contribution in [0.5, 0.6) is 5.75 Å². The molecule has 2 aromatic rings. The summed E-state index contributed by atoms with van der Waals surface area (Å²) in [6.45, 7) is 2.19. The van der Waals surface area contributed by atoms with Crippen LogP contribution in [0.1, 0.15) is 13.3 Å². The summed E-state index contributed by atoms with van der Waals surface area (Å²) in [5, 5.41) is 5.70. The van der Waals surface area contributed by atoms with E-state index in [2.05, 4.69) is 29.5 Å². The molecular formula is C15H20N2OS. The van der Waals surface area contributed by atoms with Crippen molar-refractivity contribution in [3.05, 3.63) is 30.5 Å². The number of benzene rings is 1. The van der Waals surface area contributed by atoms with Crippen LogP contribution in [-0.4, -0.2) is 30.1 Å². The molecule has 0 spiro atoms. The van der Waals surface area contributed by atoms with Crippen molar-refractivity contribution in [2.45, 2.75) is 19.4 Å². The molecule has 1 aromatic carbocycles. The van der Waals surface area contributed by atoms with E-state index in [4.69, 9.17) is 4.74 Å². The Hall–Kier alpha value is -1.42. The van der Waals surface area contributed by atoms with Gasteiger partial charge in [-0.2, -0.15) is 11.8 Å². The molecule has 1 unspecified atom stereocenters. The monoisotopic (exact) mass is 276 g/mol. The zero-order valence-electron chi connectivity index (χ0n) is 11.6. The molecule has 0 saturated heterocycles. The summed E-state index contributed by atoms with van der Waals surface area (Å²) < 4.78 is 5.39. The second-order valence-electron chi connectivity index (χ2n) is 4.54. The maximum Gasteiger partial charge on any atom is 0.134 e. The highest BCUT2D eigenvalue weighted by Crippen LogP contribution is 2.29. The molecule has 19 heavy (non-hydrogen) atoms. The third-order valence-electron chi connectivity index (χ3n) is 3.12. The standard InChI is InChI=1S/C15H20N2OS/c1-11(8-10-19-3)17-15-13-5-4-6-14(18-2)12(13)7-9-16-15/h4-7,9,11H,8,10H2,1-3H3,(H,16,17). The van der Waals surface area contributed by atoms with Crippen molar-refractivity contribution < 1.29 is 4.74 Å². The molecule has 0 saturated carbocycles. The van der Waals surface area contributed by atoms with E-state index in [1.54, 1.807) is 7.11 Å². The Morgan fingerprint density at radius 1 is 1.32 bits per heavy atom. The van der Waals surface area contributed by atoms with Gasteiger partial charge in [0.15, 0.2) is 0 Å². The number of thioether (sulfide) groups is 1. The molecule has 0 aliphatic heterocycles. The van der Waals surface area contributed by atoms with E-state index < -0.39 is 0 Å². The highest BCUT2D eigenvalue weighted by atomic mass is 32.2. The zero-order chi connectivity index (χ0) is 13.7. The summed E-state index contributed by atoms with van der Waals surface area (Å²) in [5.74, 6) is 2.98. The quantitative estimate of drug-likeness (QED) is 0.870. The molecule has 102 valence electrons. The first-order valence-corrected chi connectivity index (χ1v) is 7.83. The van der Waals surface area contributed by atoms with Gasteiger partial charge in [-0.15, -0.1) is 0 Å². The number of nitrogens with zero attached hydrogens (tertiary/aromatic N) is 1. The Labute approximate surface area is 118 Å². The number of ether oxygens (including phenoxy) is 1. The number of nitrogens with one attached hydrogen (secondary N) is 1. The SMILES string of the molecule is COc1cccc2c(NC(C)CCSC)nccc12. The molecule has 3 nitrogen and oxygen atoms in total. The molecule has 1 heterocycles. The number of aromatic nitrogens is 1. The van der Waals surface area contributed by atoms with Gasteiger partial charge in [0.2, 0.25) is 0 Å². The van der Waals surface area contributed by atoms with Crippen LogP contribution in [0.3, 0.4) is 0 Å². The van der Waals surface area contributed by atoms with Gasteiger partial charge in [0.1, 0.15) is 11.6 Å². The van der Waals surface area contributed by atoms with Crippen LogP contribution in [0.25, 0.3) is 10.8 Å². The Morgan fingerprint density at radius 2 is 2.16 bits per heavy atom. The van der Waals surface area contributed by atoms with Crippen LogP contribution in [0.2, 0.25) is 0 Å². The van der Waals surface area contributed by atoms with Crippen molar-refractivity contribution >= 4 is 28.4 Å². The molecule has 0 radical (unpaired) electrons. The molecule has 0 bridgehead atoms. The molecule has 2 rings (SSSR count). The van der Waals surface area contributed by atoms with Gasteiger partial charge in [0, 0.05) is 23.0 Å². The first-order valence-electron chi connectivity index (χ1n) is 6.43. The first kappa shape index (κ1) is 14.0. The van der Waals surface area contributed by atoms with Gasteiger partial charge >= 0.3 is 0 Å². The van der Waals surface area contributed by atoms with Gasteiger partial charge in [0.25, 0.3) is 0 Å². The van der Waals surface area contributed by atoms with Crippen LogP contribution in [0.4, 0.5) is 5.82 Å². The van der Waals surface area contributed by atoms with Gasteiger partial charge < -0.3 is 10.1 Å². The number of anilines is 1. The number of fused-ring (bicyclic) bond motifs is 1. The maximum atomic E-state index is 5.39. The first-order chi connectivity index (χ1) is 9.26. The largest absolute Gasteiger partial charge is 0.496 e. The Morgan fingerprint density at radius 3 is 2.89 bits per heavy atom. The summed E-state index contributed by atoms with van der Waals surface area (Å²) >= 11 is 1.87. The van der Waals surface area contributed by atoms with Crippen molar-refractivity contribution in [3.8, 4) is 5.75 Å². The molecule has 1 N–H and O–H groups in total. The lowest BCUT2D eigenvalue weighted by Crippen LogP contribution is -2.17. The molecule has 1 aromatic heterocycles. The third-order valence-corrected chi connectivity index (χ3v) is 3.77. The number of pyridine rings is 1. The van der Waals surface area contributed by atoms with Gasteiger partial charge in [-0.05, 0) is 37.5 Å². The van der Waals surface area contributed by atoms with E-state index in [1.807, 2.05) is 36.2 Å².